The number of amides is 1. The van der Waals surface area contributed by atoms with Crippen LogP contribution in [0.5, 0.6) is 0 Å². The van der Waals surface area contributed by atoms with Crippen LogP contribution in [0.25, 0.3) is 0 Å². The predicted molar refractivity (Wildman–Crippen MR) is 78.6 cm³/mol. The highest BCUT2D eigenvalue weighted by molar-refractivity contribution is 7.98. The van der Waals surface area contributed by atoms with Gasteiger partial charge in [-0.2, -0.15) is 0 Å². The van der Waals surface area contributed by atoms with Crippen LogP contribution in [0.2, 0.25) is 0 Å². The van der Waals surface area contributed by atoms with Gasteiger partial charge in [-0.05, 0) is 44.1 Å². The van der Waals surface area contributed by atoms with Gasteiger partial charge in [0.05, 0.1) is 5.56 Å². The lowest BCUT2D eigenvalue weighted by atomic mass is 9.90. The normalized spacial score (nSPS) is 15.1. The van der Waals surface area contributed by atoms with Crippen molar-refractivity contribution in [1.29, 1.82) is 0 Å². The number of aliphatic hydroxyl groups is 1. The third-order valence-electron chi connectivity index (χ3n) is 3.67. The molecule has 0 unspecified atom stereocenters. The Labute approximate surface area is 119 Å². The fourth-order valence-corrected chi connectivity index (χ4v) is 2.96. The quantitative estimate of drug-likeness (QED) is 0.814. The zero-order valence-corrected chi connectivity index (χ0v) is 12.2. The lowest BCUT2D eigenvalue weighted by molar-refractivity contribution is 0.0559. The summed E-state index contributed by atoms with van der Waals surface area (Å²) in [6, 6.07) is 8.14. The fourth-order valence-electron chi connectivity index (χ4n) is 2.37. The summed E-state index contributed by atoms with van der Waals surface area (Å²) >= 11 is 1.61. The number of benzene rings is 1. The van der Waals surface area contributed by atoms with Gasteiger partial charge in [0.1, 0.15) is 0 Å². The second-order valence-electron chi connectivity index (χ2n) is 4.86. The monoisotopic (exact) mass is 279 g/mol. The number of aliphatic hydroxyl groups excluding tert-OH is 1. The first-order chi connectivity index (χ1) is 9.27. The van der Waals surface area contributed by atoms with Gasteiger partial charge in [-0.25, -0.2) is 0 Å². The van der Waals surface area contributed by atoms with E-state index >= 15 is 0 Å². The number of nitrogens with zero attached hydrogens (tertiary/aromatic N) is 1. The zero-order valence-electron chi connectivity index (χ0n) is 11.3. The Morgan fingerprint density at radius 2 is 2.16 bits per heavy atom. The van der Waals surface area contributed by atoms with Crippen molar-refractivity contribution in [2.75, 3.05) is 19.4 Å². The topological polar surface area (TPSA) is 40.5 Å². The van der Waals surface area contributed by atoms with Gasteiger partial charge in [0.15, 0.2) is 0 Å². The van der Waals surface area contributed by atoms with Crippen molar-refractivity contribution < 1.29 is 9.90 Å². The fraction of sp³-hybridized carbons (Fsp3) is 0.533. The van der Waals surface area contributed by atoms with Gasteiger partial charge in [-0.3, -0.25) is 4.79 Å². The molecule has 1 saturated carbocycles. The minimum absolute atomic E-state index is 0.114. The van der Waals surface area contributed by atoms with Gasteiger partial charge in [0.2, 0.25) is 0 Å². The summed E-state index contributed by atoms with van der Waals surface area (Å²) in [5.74, 6) is 0.114. The van der Waals surface area contributed by atoms with Crippen LogP contribution in [0.15, 0.2) is 29.2 Å². The average molecular weight is 279 g/mol. The first-order valence-corrected chi connectivity index (χ1v) is 8.05. The third-order valence-corrected chi connectivity index (χ3v) is 4.47. The van der Waals surface area contributed by atoms with Crippen molar-refractivity contribution in [3.63, 3.8) is 0 Å². The molecule has 3 nitrogen and oxygen atoms in total. The van der Waals surface area contributed by atoms with Gasteiger partial charge < -0.3 is 10.0 Å². The van der Waals surface area contributed by atoms with E-state index in [1.807, 2.05) is 35.4 Å². The van der Waals surface area contributed by atoms with E-state index in [-0.39, 0.29) is 12.5 Å². The van der Waals surface area contributed by atoms with Crippen LogP contribution in [-0.2, 0) is 0 Å². The first kappa shape index (κ1) is 14.4. The molecule has 0 heterocycles. The van der Waals surface area contributed by atoms with E-state index in [1.165, 1.54) is 6.42 Å². The van der Waals surface area contributed by atoms with Crippen LogP contribution in [0.3, 0.4) is 0 Å². The molecule has 1 fully saturated rings. The number of thioether (sulfide) groups is 1. The highest BCUT2D eigenvalue weighted by Crippen LogP contribution is 2.28. The molecule has 2 rings (SSSR count). The second kappa shape index (κ2) is 6.96. The molecule has 1 aliphatic carbocycles. The zero-order chi connectivity index (χ0) is 13.7. The van der Waals surface area contributed by atoms with Crippen molar-refractivity contribution in [1.82, 2.24) is 4.90 Å². The van der Waals surface area contributed by atoms with Crippen LogP contribution >= 0.6 is 11.8 Å². The molecule has 0 bridgehead atoms. The molecule has 0 spiro atoms. The van der Waals surface area contributed by atoms with Crippen LogP contribution in [0.4, 0.5) is 0 Å². The molecule has 1 aromatic carbocycles. The predicted octanol–water partition coefficient (Wildman–Crippen LogP) is 2.79. The maximum Gasteiger partial charge on any atom is 0.255 e. The van der Waals surface area contributed by atoms with E-state index < -0.39 is 0 Å². The number of rotatable bonds is 6. The molecule has 1 N–H and O–H groups in total. The minimum atomic E-state index is 0.114. The molecule has 0 aromatic heterocycles. The Kier molecular flexibility index (Phi) is 5.28. The Morgan fingerprint density at radius 1 is 1.42 bits per heavy atom. The molecule has 4 heteroatoms. The molecular formula is C15H21NO2S. The number of carbonyl (C=O) groups is 1. The summed E-state index contributed by atoms with van der Waals surface area (Å²) in [6.07, 6.45) is 6.05. The lowest BCUT2D eigenvalue weighted by Crippen LogP contribution is -2.45. The first-order valence-electron chi connectivity index (χ1n) is 6.82. The van der Waals surface area contributed by atoms with Crippen molar-refractivity contribution in [2.24, 2.45) is 0 Å². The maximum absolute atomic E-state index is 12.7. The van der Waals surface area contributed by atoms with Crippen molar-refractivity contribution >= 4 is 17.7 Å². The van der Waals surface area contributed by atoms with Gasteiger partial charge in [-0.1, -0.05) is 12.1 Å². The summed E-state index contributed by atoms with van der Waals surface area (Å²) in [7, 11) is 0. The second-order valence-corrected chi connectivity index (χ2v) is 5.71. The summed E-state index contributed by atoms with van der Waals surface area (Å²) in [6.45, 7) is 0.795. The van der Waals surface area contributed by atoms with Gasteiger partial charge >= 0.3 is 0 Å². The Balaban J connectivity index is 2.17. The van der Waals surface area contributed by atoms with Gasteiger partial charge in [-0.15, -0.1) is 11.8 Å². The molecule has 1 aromatic rings. The van der Waals surface area contributed by atoms with Gasteiger partial charge in [0, 0.05) is 24.1 Å². The third kappa shape index (κ3) is 3.31. The standard InChI is InChI=1S/C15H21NO2S/c1-19-14-9-3-2-8-13(14)15(18)16(10-5-11-17)12-6-4-7-12/h2-3,8-9,12,17H,4-7,10-11H2,1H3. The molecule has 19 heavy (non-hydrogen) atoms. The Bertz CT molecular complexity index is 432. The molecule has 0 radical (unpaired) electrons. The summed E-state index contributed by atoms with van der Waals surface area (Å²) < 4.78 is 0. The molecule has 1 amide bonds. The van der Waals surface area contributed by atoms with E-state index in [1.54, 1.807) is 11.8 Å². The number of carbonyl (C=O) groups excluding carboxylic acids is 1. The van der Waals surface area contributed by atoms with E-state index in [9.17, 15) is 4.79 Å². The molecule has 0 saturated heterocycles. The van der Waals surface area contributed by atoms with E-state index in [2.05, 4.69) is 0 Å². The van der Waals surface area contributed by atoms with Gasteiger partial charge in [0.25, 0.3) is 5.91 Å². The lowest BCUT2D eigenvalue weighted by Gasteiger charge is -2.38. The van der Waals surface area contributed by atoms with Crippen LogP contribution in [0.1, 0.15) is 36.0 Å². The maximum atomic E-state index is 12.7. The molecule has 0 atom stereocenters. The van der Waals surface area contributed by atoms with Crippen molar-refractivity contribution in [3.8, 4) is 0 Å². The number of hydrogen-bond donors (Lipinski definition) is 1. The van der Waals surface area contributed by atoms with E-state index in [0.717, 1.165) is 23.3 Å². The Hall–Kier alpha value is -1.00. The van der Waals surface area contributed by atoms with Crippen molar-refractivity contribution in [2.45, 2.75) is 36.6 Å². The minimum Gasteiger partial charge on any atom is -0.396 e. The van der Waals surface area contributed by atoms with Crippen molar-refractivity contribution in [3.05, 3.63) is 29.8 Å². The summed E-state index contributed by atoms with van der Waals surface area (Å²) in [5, 5.41) is 9.00. The van der Waals surface area contributed by atoms with Crippen LogP contribution in [0, 0.1) is 0 Å². The number of hydrogen-bond acceptors (Lipinski definition) is 3. The average Bonchev–Trinajstić information content (AvgIpc) is 2.40. The summed E-state index contributed by atoms with van der Waals surface area (Å²) in [4.78, 5) is 15.7. The van der Waals surface area contributed by atoms with E-state index in [4.69, 9.17) is 5.11 Å². The molecular weight excluding hydrogens is 258 g/mol. The molecule has 1 aliphatic rings. The Morgan fingerprint density at radius 3 is 2.74 bits per heavy atom. The molecule has 104 valence electrons. The SMILES string of the molecule is CSc1ccccc1C(=O)N(CCCO)C1CCC1. The van der Waals surface area contributed by atoms with E-state index in [0.29, 0.717) is 19.0 Å². The highest BCUT2D eigenvalue weighted by Gasteiger charge is 2.29. The molecule has 0 aliphatic heterocycles. The van der Waals surface area contributed by atoms with Crippen LogP contribution < -0.4 is 0 Å². The summed E-state index contributed by atoms with van der Waals surface area (Å²) in [5.41, 5.74) is 0.792. The highest BCUT2D eigenvalue weighted by atomic mass is 32.2. The smallest absolute Gasteiger partial charge is 0.255 e. The van der Waals surface area contributed by atoms with Crippen LogP contribution in [-0.4, -0.2) is 41.4 Å². The largest absolute Gasteiger partial charge is 0.396 e.